The van der Waals surface area contributed by atoms with Crippen LogP contribution in [0.1, 0.15) is 11.1 Å². The number of rotatable bonds is 3. The van der Waals surface area contributed by atoms with Gasteiger partial charge in [-0.2, -0.15) is 5.26 Å². The Morgan fingerprint density at radius 3 is 2.77 bits per heavy atom. The van der Waals surface area contributed by atoms with Gasteiger partial charge < -0.3 is 10.8 Å². The fourth-order valence-electron chi connectivity index (χ4n) is 1.15. The number of aliphatic hydroxyl groups excluding tert-OH is 1. The van der Waals surface area contributed by atoms with Gasteiger partial charge in [-0.05, 0) is 18.1 Å². The van der Waals surface area contributed by atoms with Crippen LogP contribution in [0.25, 0.3) is 0 Å². The largest absolute Gasteiger partial charge is 0.395 e. The van der Waals surface area contributed by atoms with E-state index in [1.165, 1.54) is 0 Å². The van der Waals surface area contributed by atoms with E-state index in [0.717, 1.165) is 5.56 Å². The maximum absolute atomic E-state index is 8.75. The van der Waals surface area contributed by atoms with Crippen molar-refractivity contribution in [1.29, 1.82) is 5.26 Å². The SMILES string of the molecule is N#Cc1ccccc1CC(N)CO. The molecule has 0 aliphatic rings. The third-order valence-electron chi connectivity index (χ3n) is 1.85. The first-order chi connectivity index (χ1) is 6.27. The molecule has 0 heterocycles. The van der Waals surface area contributed by atoms with Crippen molar-refractivity contribution in [3.05, 3.63) is 35.4 Å². The van der Waals surface area contributed by atoms with Crippen molar-refractivity contribution in [3.8, 4) is 6.07 Å². The summed E-state index contributed by atoms with van der Waals surface area (Å²) < 4.78 is 0. The third kappa shape index (κ3) is 2.55. The van der Waals surface area contributed by atoms with Crippen LogP contribution in [0.3, 0.4) is 0 Å². The average Bonchev–Trinajstić information content (AvgIpc) is 2.18. The number of nitriles is 1. The second-order valence-corrected chi connectivity index (χ2v) is 2.92. The van der Waals surface area contributed by atoms with E-state index in [1.54, 1.807) is 6.07 Å². The first-order valence-corrected chi connectivity index (χ1v) is 4.12. The first-order valence-electron chi connectivity index (χ1n) is 4.12. The van der Waals surface area contributed by atoms with Gasteiger partial charge in [0.25, 0.3) is 0 Å². The molecule has 13 heavy (non-hydrogen) atoms. The number of nitrogens with zero attached hydrogens (tertiary/aromatic N) is 1. The van der Waals surface area contributed by atoms with Gasteiger partial charge in [-0.3, -0.25) is 0 Å². The minimum Gasteiger partial charge on any atom is -0.395 e. The maximum Gasteiger partial charge on any atom is 0.0994 e. The predicted octanol–water partition coefficient (Wildman–Crippen LogP) is 0.420. The molecule has 0 aliphatic heterocycles. The van der Waals surface area contributed by atoms with E-state index >= 15 is 0 Å². The highest BCUT2D eigenvalue weighted by atomic mass is 16.3. The molecule has 1 atom stereocenters. The summed E-state index contributed by atoms with van der Waals surface area (Å²) in [5, 5.41) is 17.5. The van der Waals surface area contributed by atoms with Gasteiger partial charge in [-0.15, -0.1) is 0 Å². The van der Waals surface area contributed by atoms with Gasteiger partial charge in [0.1, 0.15) is 0 Å². The maximum atomic E-state index is 8.75. The van der Waals surface area contributed by atoms with Gasteiger partial charge in [0, 0.05) is 6.04 Å². The van der Waals surface area contributed by atoms with E-state index in [1.807, 2.05) is 18.2 Å². The Labute approximate surface area is 77.4 Å². The molecule has 0 bridgehead atoms. The topological polar surface area (TPSA) is 70.0 Å². The molecule has 0 saturated heterocycles. The molecule has 3 N–H and O–H groups in total. The van der Waals surface area contributed by atoms with Gasteiger partial charge in [-0.25, -0.2) is 0 Å². The number of aliphatic hydroxyl groups is 1. The van der Waals surface area contributed by atoms with Gasteiger partial charge >= 0.3 is 0 Å². The monoisotopic (exact) mass is 176 g/mol. The van der Waals surface area contributed by atoms with Gasteiger partial charge in [0.2, 0.25) is 0 Å². The molecule has 1 rings (SSSR count). The van der Waals surface area contributed by atoms with Crippen molar-refractivity contribution in [1.82, 2.24) is 0 Å². The molecule has 0 radical (unpaired) electrons. The lowest BCUT2D eigenvalue weighted by molar-refractivity contribution is 0.265. The van der Waals surface area contributed by atoms with Crippen molar-refractivity contribution >= 4 is 0 Å². The highest BCUT2D eigenvalue weighted by molar-refractivity contribution is 5.37. The molecule has 0 amide bonds. The van der Waals surface area contributed by atoms with Crippen molar-refractivity contribution in [2.24, 2.45) is 5.73 Å². The Morgan fingerprint density at radius 1 is 1.46 bits per heavy atom. The quantitative estimate of drug-likeness (QED) is 0.701. The highest BCUT2D eigenvalue weighted by Crippen LogP contribution is 2.08. The minimum absolute atomic E-state index is 0.0558. The molecule has 3 nitrogen and oxygen atoms in total. The number of hydrogen-bond acceptors (Lipinski definition) is 3. The summed E-state index contributed by atoms with van der Waals surface area (Å²) >= 11 is 0. The zero-order valence-corrected chi connectivity index (χ0v) is 7.27. The van der Waals surface area contributed by atoms with Crippen LogP contribution in [0.2, 0.25) is 0 Å². The lowest BCUT2D eigenvalue weighted by Crippen LogP contribution is -2.27. The summed E-state index contributed by atoms with van der Waals surface area (Å²) in [6, 6.07) is 9.08. The summed E-state index contributed by atoms with van der Waals surface area (Å²) in [5.41, 5.74) is 7.10. The Hall–Kier alpha value is -1.37. The Bertz CT molecular complexity index is 317. The van der Waals surface area contributed by atoms with Crippen molar-refractivity contribution in [3.63, 3.8) is 0 Å². The zero-order chi connectivity index (χ0) is 9.68. The van der Waals surface area contributed by atoms with Crippen LogP contribution in [0.5, 0.6) is 0 Å². The molecule has 0 aliphatic carbocycles. The predicted molar refractivity (Wildman–Crippen MR) is 49.9 cm³/mol. The molecule has 0 fully saturated rings. The Kier molecular flexibility index (Phi) is 3.44. The van der Waals surface area contributed by atoms with Gasteiger partial charge in [-0.1, -0.05) is 18.2 Å². The fraction of sp³-hybridized carbons (Fsp3) is 0.300. The second kappa shape index (κ2) is 4.61. The number of benzene rings is 1. The summed E-state index contributed by atoms with van der Waals surface area (Å²) in [6.07, 6.45) is 0.542. The van der Waals surface area contributed by atoms with Crippen LogP contribution < -0.4 is 5.73 Å². The van der Waals surface area contributed by atoms with E-state index < -0.39 is 0 Å². The summed E-state index contributed by atoms with van der Waals surface area (Å²) in [7, 11) is 0. The molecule has 0 aromatic heterocycles. The molecule has 1 aromatic rings. The van der Waals surface area contributed by atoms with E-state index in [2.05, 4.69) is 6.07 Å². The molecule has 68 valence electrons. The van der Waals surface area contributed by atoms with E-state index in [9.17, 15) is 0 Å². The molecule has 1 unspecified atom stereocenters. The molecule has 0 saturated carbocycles. The van der Waals surface area contributed by atoms with E-state index in [-0.39, 0.29) is 12.6 Å². The first kappa shape index (κ1) is 9.72. The van der Waals surface area contributed by atoms with Crippen LogP contribution in [-0.2, 0) is 6.42 Å². The van der Waals surface area contributed by atoms with Gasteiger partial charge in [0.15, 0.2) is 0 Å². The number of hydrogen-bond donors (Lipinski definition) is 2. The van der Waals surface area contributed by atoms with E-state index in [4.69, 9.17) is 16.1 Å². The molecular weight excluding hydrogens is 164 g/mol. The second-order valence-electron chi connectivity index (χ2n) is 2.92. The van der Waals surface area contributed by atoms with Crippen LogP contribution in [0.4, 0.5) is 0 Å². The average molecular weight is 176 g/mol. The highest BCUT2D eigenvalue weighted by Gasteiger charge is 2.05. The van der Waals surface area contributed by atoms with Crippen molar-refractivity contribution in [2.75, 3.05) is 6.61 Å². The summed E-state index contributed by atoms with van der Waals surface area (Å²) in [6.45, 7) is -0.0558. The Balaban J connectivity index is 2.82. The normalized spacial score (nSPS) is 12.1. The van der Waals surface area contributed by atoms with Crippen LogP contribution in [0, 0.1) is 11.3 Å². The standard InChI is InChI=1S/C10H12N2O/c11-6-9-4-2-1-3-8(9)5-10(12)7-13/h1-4,10,13H,5,7,12H2. The molecule has 0 spiro atoms. The van der Waals surface area contributed by atoms with Crippen LogP contribution in [0.15, 0.2) is 24.3 Å². The molecule has 1 aromatic carbocycles. The minimum atomic E-state index is -0.283. The van der Waals surface area contributed by atoms with Crippen molar-refractivity contribution < 1.29 is 5.11 Å². The lowest BCUT2D eigenvalue weighted by Gasteiger charge is -2.08. The van der Waals surface area contributed by atoms with Crippen molar-refractivity contribution in [2.45, 2.75) is 12.5 Å². The summed E-state index contributed by atoms with van der Waals surface area (Å²) in [5.74, 6) is 0. The number of nitrogens with two attached hydrogens (primary N) is 1. The van der Waals surface area contributed by atoms with Crippen LogP contribution in [-0.4, -0.2) is 17.8 Å². The lowest BCUT2D eigenvalue weighted by atomic mass is 10.0. The zero-order valence-electron chi connectivity index (χ0n) is 7.27. The van der Waals surface area contributed by atoms with Gasteiger partial charge in [0.05, 0.1) is 18.2 Å². The smallest absolute Gasteiger partial charge is 0.0994 e. The van der Waals surface area contributed by atoms with Crippen LogP contribution >= 0.6 is 0 Å². The summed E-state index contributed by atoms with van der Waals surface area (Å²) in [4.78, 5) is 0. The molecule has 3 heteroatoms. The Morgan fingerprint density at radius 2 is 2.15 bits per heavy atom. The van der Waals surface area contributed by atoms with E-state index in [0.29, 0.717) is 12.0 Å². The molecular formula is C10H12N2O. The fourth-order valence-corrected chi connectivity index (χ4v) is 1.15. The third-order valence-corrected chi connectivity index (χ3v) is 1.85.